The summed E-state index contributed by atoms with van der Waals surface area (Å²) in [5, 5.41) is 6.38. The Morgan fingerprint density at radius 1 is 0.639 bits per heavy atom. The van der Waals surface area contributed by atoms with Gasteiger partial charge in [-0.25, -0.2) is 0 Å². The van der Waals surface area contributed by atoms with Gasteiger partial charge in [-0.1, -0.05) is 91.7 Å². The lowest BCUT2D eigenvalue weighted by atomic mass is 10.1. The molecule has 3 aromatic carbocycles. The van der Waals surface area contributed by atoms with Gasteiger partial charge in [-0.15, -0.1) is 0 Å². The van der Waals surface area contributed by atoms with Crippen molar-refractivity contribution >= 4 is 23.6 Å². The van der Waals surface area contributed by atoms with E-state index in [-0.39, 0.29) is 0 Å². The smallest absolute Gasteiger partial charge is 0.0636 e. The van der Waals surface area contributed by atoms with E-state index in [2.05, 4.69) is 124 Å². The SMILES string of the molecule is CCc1cc(CC)cc([Si](C2=C(C)C(C)=C(C)C2C)(c2cccc(C)c2C)c2cccc(C)c2C)c1. The highest BCUT2D eigenvalue weighted by molar-refractivity contribution is 7.16. The van der Waals surface area contributed by atoms with Crippen LogP contribution in [-0.2, 0) is 12.8 Å². The zero-order chi connectivity index (χ0) is 26.4. The van der Waals surface area contributed by atoms with E-state index in [1.54, 1.807) is 20.8 Å². The molecule has 0 aromatic heterocycles. The van der Waals surface area contributed by atoms with Crippen molar-refractivity contribution in [3.05, 3.63) is 110 Å². The number of allylic oxidation sites excluding steroid dienone is 4. The normalized spacial score (nSPS) is 16.3. The van der Waals surface area contributed by atoms with Crippen molar-refractivity contribution in [2.24, 2.45) is 5.92 Å². The van der Waals surface area contributed by atoms with Crippen molar-refractivity contribution in [3.63, 3.8) is 0 Å². The molecule has 0 bridgehead atoms. The topological polar surface area (TPSA) is 0 Å². The maximum atomic E-state index is 2.57. The summed E-state index contributed by atoms with van der Waals surface area (Å²) >= 11 is 0. The maximum Gasteiger partial charge on any atom is 0.177 e. The lowest BCUT2D eigenvalue weighted by Crippen LogP contribution is -2.71. The van der Waals surface area contributed by atoms with Crippen molar-refractivity contribution in [2.45, 2.75) is 82.1 Å². The van der Waals surface area contributed by atoms with Gasteiger partial charge in [0.05, 0.1) is 0 Å². The quantitative estimate of drug-likeness (QED) is 0.249. The van der Waals surface area contributed by atoms with E-state index < -0.39 is 8.07 Å². The molecule has 1 aliphatic carbocycles. The summed E-state index contributed by atoms with van der Waals surface area (Å²) in [6.07, 6.45) is 2.13. The molecule has 4 rings (SSSR count). The van der Waals surface area contributed by atoms with E-state index in [0.29, 0.717) is 5.92 Å². The fourth-order valence-corrected chi connectivity index (χ4v) is 13.0. The number of hydrogen-bond donors (Lipinski definition) is 0. The number of rotatable bonds is 6. The third-order valence-electron chi connectivity index (χ3n) is 9.36. The molecule has 36 heavy (non-hydrogen) atoms. The molecule has 1 unspecified atom stereocenters. The summed E-state index contributed by atoms with van der Waals surface area (Å²) in [4.78, 5) is 0. The molecule has 1 atom stereocenters. The average molecular weight is 493 g/mol. The Bertz CT molecular complexity index is 1310. The Hall–Kier alpha value is -2.64. The second kappa shape index (κ2) is 10.0. The van der Waals surface area contributed by atoms with Crippen LogP contribution in [0.25, 0.3) is 0 Å². The molecule has 0 fully saturated rings. The average Bonchev–Trinajstić information content (AvgIpc) is 3.07. The van der Waals surface area contributed by atoms with Crippen molar-refractivity contribution in [3.8, 4) is 0 Å². The first-order chi connectivity index (χ1) is 17.1. The second-order valence-corrected chi connectivity index (χ2v) is 14.8. The highest BCUT2D eigenvalue weighted by Crippen LogP contribution is 2.42. The van der Waals surface area contributed by atoms with Crippen LogP contribution in [0.2, 0.25) is 0 Å². The van der Waals surface area contributed by atoms with Crippen LogP contribution in [0.15, 0.2) is 76.5 Å². The van der Waals surface area contributed by atoms with Crippen LogP contribution in [0.3, 0.4) is 0 Å². The zero-order valence-corrected chi connectivity index (χ0v) is 25.2. The Morgan fingerprint density at radius 3 is 1.50 bits per heavy atom. The van der Waals surface area contributed by atoms with Crippen LogP contribution in [0.1, 0.15) is 74.9 Å². The fourth-order valence-electron chi connectivity index (χ4n) is 6.57. The third-order valence-corrected chi connectivity index (χ3v) is 14.8. The monoisotopic (exact) mass is 492 g/mol. The Balaban J connectivity index is 2.32. The lowest BCUT2D eigenvalue weighted by Gasteiger charge is -2.41. The van der Waals surface area contributed by atoms with Gasteiger partial charge in [-0.3, -0.25) is 0 Å². The van der Waals surface area contributed by atoms with Crippen LogP contribution >= 0.6 is 0 Å². The predicted molar refractivity (Wildman–Crippen MR) is 162 cm³/mol. The highest BCUT2D eigenvalue weighted by Gasteiger charge is 2.49. The summed E-state index contributed by atoms with van der Waals surface area (Å²) in [5.41, 5.74) is 13.2. The van der Waals surface area contributed by atoms with Gasteiger partial charge in [0, 0.05) is 0 Å². The van der Waals surface area contributed by atoms with Crippen LogP contribution in [-0.4, -0.2) is 8.07 Å². The molecular formula is C35H44Si. The molecule has 0 spiro atoms. The standard InChI is InChI=1S/C35H44Si/c1-11-30-19-31(12-2)21-32(20-30)36(33-17-13-15-22(3)24(33)5,34-18-14-16-23(4)25(34)6)35-28(9)26(7)27(8)29(35)10/h13-21,28H,11-12H2,1-10H3. The summed E-state index contributed by atoms with van der Waals surface area (Å²) in [5.74, 6) is 0.437. The first-order valence-electron chi connectivity index (χ1n) is 13.7. The molecule has 188 valence electrons. The molecule has 0 heterocycles. The van der Waals surface area contributed by atoms with Crippen molar-refractivity contribution in [2.75, 3.05) is 0 Å². The van der Waals surface area contributed by atoms with Gasteiger partial charge < -0.3 is 0 Å². The van der Waals surface area contributed by atoms with E-state index >= 15 is 0 Å². The highest BCUT2D eigenvalue weighted by atomic mass is 28.3. The Morgan fingerprint density at radius 2 is 1.11 bits per heavy atom. The number of benzene rings is 3. The number of aryl methyl sites for hydroxylation is 4. The van der Waals surface area contributed by atoms with Crippen molar-refractivity contribution in [1.82, 2.24) is 0 Å². The van der Waals surface area contributed by atoms with Gasteiger partial charge in [0.1, 0.15) is 0 Å². The van der Waals surface area contributed by atoms with E-state index in [1.165, 1.54) is 50.1 Å². The molecule has 0 saturated carbocycles. The first-order valence-corrected chi connectivity index (χ1v) is 15.7. The molecule has 3 aromatic rings. The second-order valence-electron chi connectivity index (χ2n) is 11.1. The Kier molecular flexibility index (Phi) is 7.35. The summed E-state index contributed by atoms with van der Waals surface area (Å²) < 4.78 is 0. The lowest BCUT2D eigenvalue weighted by molar-refractivity contribution is 0.851. The van der Waals surface area contributed by atoms with Gasteiger partial charge in [0.15, 0.2) is 8.07 Å². The van der Waals surface area contributed by atoms with Crippen molar-refractivity contribution in [1.29, 1.82) is 0 Å². The van der Waals surface area contributed by atoms with E-state index in [1.807, 2.05) is 0 Å². The van der Waals surface area contributed by atoms with E-state index in [4.69, 9.17) is 0 Å². The third kappa shape index (κ3) is 3.97. The molecule has 0 nitrogen and oxygen atoms in total. The van der Waals surface area contributed by atoms with Crippen LogP contribution < -0.4 is 15.6 Å². The molecule has 0 radical (unpaired) electrons. The van der Waals surface area contributed by atoms with Gasteiger partial charge >= 0.3 is 0 Å². The van der Waals surface area contributed by atoms with E-state index in [0.717, 1.165) is 12.8 Å². The summed E-state index contributed by atoms with van der Waals surface area (Å²) in [7, 11) is -2.61. The molecule has 0 aliphatic heterocycles. The molecule has 0 amide bonds. The minimum absolute atomic E-state index is 0.437. The molecule has 0 N–H and O–H groups in total. The van der Waals surface area contributed by atoms with E-state index in [9.17, 15) is 0 Å². The fraction of sp³-hybridized carbons (Fsp3) is 0.371. The number of hydrogen-bond acceptors (Lipinski definition) is 0. The minimum Gasteiger partial charge on any atom is -0.0636 e. The van der Waals surface area contributed by atoms with Crippen LogP contribution in [0.5, 0.6) is 0 Å². The van der Waals surface area contributed by atoms with Crippen LogP contribution in [0, 0.1) is 33.6 Å². The van der Waals surface area contributed by atoms with Crippen molar-refractivity contribution < 1.29 is 0 Å². The molecular weight excluding hydrogens is 448 g/mol. The predicted octanol–water partition coefficient (Wildman–Crippen LogP) is 7.36. The van der Waals surface area contributed by atoms with Gasteiger partial charge in [0.2, 0.25) is 0 Å². The largest absolute Gasteiger partial charge is 0.177 e. The van der Waals surface area contributed by atoms with Gasteiger partial charge in [-0.2, -0.15) is 0 Å². The zero-order valence-electron chi connectivity index (χ0n) is 24.2. The Labute approximate surface area is 221 Å². The molecule has 1 heteroatoms. The molecule has 1 aliphatic rings. The summed E-state index contributed by atoms with van der Waals surface area (Å²) in [6, 6.07) is 21.7. The maximum absolute atomic E-state index is 2.61. The summed E-state index contributed by atoms with van der Waals surface area (Å²) in [6.45, 7) is 23.5. The van der Waals surface area contributed by atoms with Gasteiger partial charge in [0.25, 0.3) is 0 Å². The first kappa shape index (κ1) is 26.4. The van der Waals surface area contributed by atoms with Gasteiger partial charge in [-0.05, 0) is 122 Å². The minimum atomic E-state index is -2.61. The van der Waals surface area contributed by atoms with Crippen LogP contribution in [0.4, 0.5) is 0 Å². The molecule has 0 saturated heterocycles.